The van der Waals surface area contributed by atoms with Gasteiger partial charge in [0.15, 0.2) is 17.6 Å². The van der Waals surface area contributed by atoms with Gasteiger partial charge >= 0.3 is 0 Å². The number of benzene rings is 1. The molecule has 1 heterocycles. The van der Waals surface area contributed by atoms with Crippen LogP contribution in [-0.2, 0) is 4.74 Å². The number of aliphatic imine (C=N–C) groups is 1. The second-order valence-electron chi connectivity index (χ2n) is 7.24. The molecule has 27 heavy (non-hydrogen) atoms. The zero-order chi connectivity index (χ0) is 19.2. The molecule has 0 radical (unpaired) electrons. The Morgan fingerprint density at radius 3 is 2.67 bits per heavy atom. The standard InChI is InChI=1S/C19H30F2N4O.HI/c1-5-22-18(24-13-19(2,3)26-4)23-11-14-8-9-25(12-14)15-6-7-16(20)17(21)10-15;/h6-7,10,14H,5,8-9,11-13H2,1-4H3,(H2,22,23,24);1H. The van der Waals surface area contributed by atoms with Crippen molar-refractivity contribution in [1.29, 1.82) is 0 Å². The molecule has 0 aromatic heterocycles. The summed E-state index contributed by atoms with van der Waals surface area (Å²) in [4.78, 5) is 6.67. The molecule has 2 N–H and O–H groups in total. The summed E-state index contributed by atoms with van der Waals surface area (Å²) in [6.07, 6.45) is 0.995. The Labute approximate surface area is 178 Å². The number of hydrogen-bond donors (Lipinski definition) is 2. The average molecular weight is 496 g/mol. The fourth-order valence-corrected chi connectivity index (χ4v) is 2.83. The number of hydrogen-bond acceptors (Lipinski definition) is 3. The summed E-state index contributed by atoms with van der Waals surface area (Å²) in [7, 11) is 1.68. The molecule has 154 valence electrons. The minimum absolute atomic E-state index is 0. The summed E-state index contributed by atoms with van der Waals surface area (Å²) < 4.78 is 31.9. The zero-order valence-corrected chi connectivity index (χ0v) is 18.8. The Morgan fingerprint density at radius 1 is 1.30 bits per heavy atom. The lowest BCUT2D eigenvalue weighted by Gasteiger charge is -2.22. The minimum atomic E-state index is -0.809. The number of nitrogens with one attached hydrogen (secondary N) is 2. The van der Waals surface area contributed by atoms with Crippen LogP contribution in [0.4, 0.5) is 14.5 Å². The summed E-state index contributed by atoms with van der Waals surface area (Å²) in [5, 5.41) is 6.61. The van der Waals surface area contributed by atoms with Crippen molar-refractivity contribution in [3.63, 3.8) is 0 Å². The van der Waals surface area contributed by atoms with Gasteiger partial charge in [0.25, 0.3) is 0 Å². The number of guanidine groups is 1. The Morgan fingerprint density at radius 2 is 2.04 bits per heavy atom. The van der Waals surface area contributed by atoms with Gasteiger partial charge in [-0.3, -0.25) is 4.99 Å². The third-order valence-electron chi connectivity index (χ3n) is 4.63. The highest BCUT2D eigenvalue weighted by atomic mass is 127. The third-order valence-corrected chi connectivity index (χ3v) is 4.63. The summed E-state index contributed by atoms with van der Waals surface area (Å²) >= 11 is 0. The van der Waals surface area contributed by atoms with E-state index in [0.29, 0.717) is 12.5 Å². The van der Waals surface area contributed by atoms with Gasteiger partial charge in [-0.2, -0.15) is 0 Å². The van der Waals surface area contributed by atoms with Crippen LogP contribution < -0.4 is 15.5 Å². The summed E-state index contributed by atoms with van der Waals surface area (Å²) in [5.74, 6) is -0.422. The number of nitrogens with zero attached hydrogens (tertiary/aromatic N) is 2. The maximum Gasteiger partial charge on any atom is 0.191 e. The summed E-state index contributed by atoms with van der Waals surface area (Å²) in [6.45, 7) is 9.78. The van der Waals surface area contributed by atoms with Gasteiger partial charge in [0, 0.05) is 45.0 Å². The molecular formula is C19H31F2IN4O. The molecule has 0 spiro atoms. The monoisotopic (exact) mass is 496 g/mol. The van der Waals surface area contributed by atoms with Crippen molar-refractivity contribution in [2.75, 3.05) is 44.7 Å². The maximum atomic E-state index is 13.4. The smallest absolute Gasteiger partial charge is 0.191 e. The van der Waals surface area contributed by atoms with Gasteiger partial charge in [0.05, 0.1) is 12.1 Å². The van der Waals surface area contributed by atoms with E-state index in [-0.39, 0.29) is 29.6 Å². The Kier molecular flexibility index (Phi) is 9.72. The Bertz CT molecular complexity index is 628. The molecule has 1 atom stereocenters. The van der Waals surface area contributed by atoms with Crippen molar-refractivity contribution in [1.82, 2.24) is 10.6 Å². The van der Waals surface area contributed by atoms with E-state index in [1.165, 1.54) is 12.1 Å². The molecule has 1 aliphatic heterocycles. The predicted octanol–water partition coefficient (Wildman–Crippen LogP) is 3.39. The minimum Gasteiger partial charge on any atom is -0.377 e. The number of methoxy groups -OCH3 is 1. The van der Waals surface area contributed by atoms with E-state index in [2.05, 4.69) is 20.5 Å². The van der Waals surface area contributed by atoms with Crippen molar-refractivity contribution in [2.45, 2.75) is 32.8 Å². The topological polar surface area (TPSA) is 48.9 Å². The molecular weight excluding hydrogens is 465 g/mol. The van der Waals surface area contributed by atoms with Gasteiger partial charge in [0.1, 0.15) is 0 Å². The van der Waals surface area contributed by atoms with Gasteiger partial charge in [-0.25, -0.2) is 8.78 Å². The summed E-state index contributed by atoms with van der Waals surface area (Å²) in [5.41, 5.74) is 0.424. The fraction of sp³-hybridized carbons (Fsp3) is 0.632. The quantitative estimate of drug-likeness (QED) is 0.345. The van der Waals surface area contributed by atoms with Gasteiger partial charge in [-0.15, -0.1) is 24.0 Å². The molecule has 8 heteroatoms. The third kappa shape index (κ3) is 7.40. The first kappa shape index (κ1) is 23.9. The largest absolute Gasteiger partial charge is 0.377 e. The first-order valence-corrected chi connectivity index (χ1v) is 9.12. The first-order chi connectivity index (χ1) is 12.3. The Hall–Kier alpha value is -1.16. The molecule has 0 saturated carbocycles. The van der Waals surface area contributed by atoms with Crippen LogP contribution in [0.15, 0.2) is 23.2 Å². The maximum absolute atomic E-state index is 13.4. The van der Waals surface area contributed by atoms with E-state index >= 15 is 0 Å². The lowest BCUT2D eigenvalue weighted by atomic mass is 10.1. The highest BCUT2D eigenvalue weighted by Crippen LogP contribution is 2.25. The van der Waals surface area contributed by atoms with Gasteiger partial charge in [0.2, 0.25) is 0 Å². The van der Waals surface area contributed by atoms with Crippen LogP contribution in [-0.4, -0.2) is 51.4 Å². The molecule has 0 bridgehead atoms. The van der Waals surface area contributed by atoms with Crippen LogP contribution in [0.5, 0.6) is 0 Å². The van der Waals surface area contributed by atoms with E-state index in [1.54, 1.807) is 13.2 Å². The molecule has 1 unspecified atom stereocenters. The Balaban J connectivity index is 0.00000364. The zero-order valence-electron chi connectivity index (χ0n) is 16.5. The molecule has 1 saturated heterocycles. The van der Waals surface area contributed by atoms with Crippen molar-refractivity contribution in [2.24, 2.45) is 10.9 Å². The van der Waals surface area contributed by atoms with E-state index in [1.807, 2.05) is 20.8 Å². The lowest BCUT2D eigenvalue weighted by Crippen LogP contribution is -2.41. The summed E-state index contributed by atoms with van der Waals surface area (Å²) in [6, 6.07) is 4.08. The number of anilines is 1. The number of ether oxygens (including phenoxy) is 1. The van der Waals surface area contributed by atoms with Gasteiger partial charge < -0.3 is 20.3 Å². The van der Waals surface area contributed by atoms with Crippen LogP contribution in [0, 0.1) is 17.6 Å². The van der Waals surface area contributed by atoms with Gasteiger partial charge in [-0.1, -0.05) is 0 Å². The van der Waals surface area contributed by atoms with Crippen molar-refractivity contribution in [3.8, 4) is 0 Å². The molecule has 0 amide bonds. The molecule has 2 rings (SSSR count). The number of halogens is 3. The lowest BCUT2D eigenvalue weighted by molar-refractivity contribution is 0.0310. The molecule has 5 nitrogen and oxygen atoms in total. The number of rotatable bonds is 7. The van der Waals surface area contributed by atoms with E-state index in [9.17, 15) is 8.78 Å². The van der Waals surface area contributed by atoms with Gasteiger partial charge in [-0.05, 0) is 45.2 Å². The van der Waals surface area contributed by atoms with E-state index < -0.39 is 11.6 Å². The van der Waals surface area contributed by atoms with Crippen molar-refractivity contribution in [3.05, 3.63) is 29.8 Å². The van der Waals surface area contributed by atoms with Crippen LogP contribution in [0.1, 0.15) is 27.2 Å². The van der Waals surface area contributed by atoms with Crippen molar-refractivity contribution >= 4 is 35.6 Å². The van der Waals surface area contributed by atoms with Crippen molar-refractivity contribution < 1.29 is 13.5 Å². The molecule has 0 aliphatic carbocycles. The molecule has 1 aliphatic rings. The predicted molar refractivity (Wildman–Crippen MR) is 117 cm³/mol. The highest BCUT2D eigenvalue weighted by Gasteiger charge is 2.24. The average Bonchev–Trinajstić information content (AvgIpc) is 3.09. The SMILES string of the molecule is CCNC(=NCC(C)(C)OC)NCC1CCN(c2ccc(F)c(F)c2)C1.I. The molecule has 1 aromatic rings. The molecule has 1 aromatic carbocycles. The van der Waals surface area contributed by atoms with E-state index in [4.69, 9.17) is 4.74 Å². The molecule has 1 fully saturated rings. The second-order valence-corrected chi connectivity index (χ2v) is 7.24. The van der Waals surface area contributed by atoms with Crippen LogP contribution in [0.25, 0.3) is 0 Å². The second kappa shape index (κ2) is 11.0. The van der Waals surface area contributed by atoms with Crippen LogP contribution in [0.2, 0.25) is 0 Å². The highest BCUT2D eigenvalue weighted by molar-refractivity contribution is 14.0. The van der Waals surface area contributed by atoms with E-state index in [0.717, 1.165) is 44.2 Å². The fourth-order valence-electron chi connectivity index (χ4n) is 2.83. The normalized spacial score (nSPS) is 17.6. The van der Waals surface area contributed by atoms with Crippen LogP contribution >= 0.6 is 24.0 Å². The first-order valence-electron chi connectivity index (χ1n) is 9.12. The van der Waals surface area contributed by atoms with Crippen LogP contribution in [0.3, 0.4) is 0 Å².